The Kier molecular flexibility index (Phi) is 4.37. The standard InChI is InChI=1S/C19H22F2N2O/c20-16-5-3-14(11-17(16)21)12-23-9-10-24-19-15(4-6-18(19)23)13-22-7-1-2-8-22/h1-3,5,7-8,11,15,18-19H,4,6,9-10,12-13H2. The highest BCUT2D eigenvalue weighted by Crippen LogP contribution is 2.36. The van der Waals surface area contributed by atoms with Crippen LogP contribution in [0.2, 0.25) is 0 Å². The molecule has 3 unspecified atom stereocenters. The Morgan fingerprint density at radius 3 is 2.71 bits per heavy atom. The molecular formula is C19H22F2N2O. The first kappa shape index (κ1) is 15.8. The Hall–Kier alpha value is -1.72. The minimum atomic E-state index is -0.786. The molecule has 1 saturated heterocycles. The van der Waals surface area contributed by atoms with Crippen molar-refractivity contribution in [1.82, 2.24) is 9.47 Å². The van der Waals surface area contributed by atoms with Crippen molar-refractivity contribution in [1.29, 1.82) is 0 Å². The average molecular weight is 332 g/mol. The molecule has 0 radical (unpaired) electrons. The number of morpholine rings is 1. The highest BCUT2D eigenvalue weighted by atomic mass is 19.2. The van der Waals surface area contributed by atoms with Crippen LogP contribution in [0, 0.1) is 17.6 Å². The van der Waals surface area contributed by atoms with Gasteiger partial charge < -0.3 is 9.30 Å². The van der Waals surface area contributed by atoms with E-state index >= 15 is 0 Å². The zero-order valence-electron chi connectivity index (χ0n) is 13.6. The molecular weight excluding hydrogens is 310 g/mol. The van der Waals surface area contributed by atoms with Gasteiger partial charge >= 0.3 is 0 Å². The summed E-state index contributed by atoms with van der Waals surface area (Å²) in [5.74, 6) is -1.05. The minimum Gasteiger partial charge on any atom is -0.375 e. The molecule has 1 aliphatic heterocycles. The summed E-state index contributed by atoms with van der Waals surface area (Å²) in [6, 6.07) is 8.66. The summed E-state index contributed by atoms with van der Waals surface area (Å²) >= 11 is 0. The zero-order valence-corrected chi connectivity index (χ0v) is 13.6. The third kappa shape index (κ3) is 3.10. The lowest BCUT2D eigenvalue weighted by Gasteiger charge is -2.39. The fourth-order valence-corrected chi connectivity index (χ4v) is 4.16. The van der Waals surface area contributed by atoms with Crippen LogP contribution >= 0.6 is 0 Å². The van der Waals surface area contributed by atoms with E-state index in [1.54, 1.807) is 6.07 Å². The smallest absolute Gasteiger partial charge is 0.159 e. The maximum atomic E-state index is 13.5. The van der Waals surface area contributed by atoms with Gasteiger partial charge in [0.05, 0.1) is 12.7 Å². The zero-order chi connectivity index (χ0) is 16.5. The van der Waals surface area contributed by atoms with Gasteiger partial charge in [0.15, 0.2) is 11.6 Å². The molecule has 3 nitrogen and oxygen atoms in total. The fraction of sp³-hybridized carbons (Fsp3) is 0.474. The lowest BCUT2D eigenvalue weighted by atomic mass is 10.0. The van der Waals surface area contributed by atoms with Crippen LogP contribution in [-0.4, -0.2) is 34.8 Å². The molecule has 1 saturated carbocycles. The van der Waals surface area contributed by atoms with Gasteiger partial charge in [0, 0.05) is 44.0 Å². The van der Waals surface area contributed by atoms with Gasteiger partial charge in [0.1, 0.15) is 0 Å². The third-order valence-electron chi connectivity index (χ3n) is 5.32. The third-order valence-corrected chi connectivity index (χ3v) is 5.32. The number of benzene rings is 1. The summed E-state index contributed by atoms with van der Waals surface area (Å²) in [5, 5.41) is 0. The fourth-order valence-electron chi connectivity index (χ4n) is 4.16. The molecule has 0 N–H and O–H groups in total. The van der Waals surface area contributed by atoms with E-state index in [0.29, 0.717) is 25.1 Å². The molecule has 2 heterocycles. The van der Waals surface area contributed by atoms with Crippen molar-refractivity contribution in [3.8, 4) is 0 Å². The monoisotopic (exact) mass is 332 g/mol. The Morgan fingerprint density at radius 1 is 1.08 bits per heavy atom. The number of aromatic nitrogens is 1. The van der Waals surface area contributed by atoms with Crippen molar-refractivity contribution in [2.45, 2.75) is 38.1 Å². The number of ether oxygens (including phenoxy) is 1. The van der Waals surface area contributed by atoms with Crippen LogP contribution in [0.3, 0.4) is 0 Å². The molecule has 1 aromatic heterocycles. The predicted molar refractivity (Wildman–Crippen MR) is 87.5 cm³/mol. The topological polar surface area (TPSA) is 17.4 Å². The van der Waals surface area contributed by atoms with Gasteiger partial charge in [-0.3, -0.25) is 4.90 Å². The largest absolute Gasteiger partial charge is 0.375 e. The van der Waals surface area contributed by atoms with Crippen LogP contribution in [-0.2, 0) is 17.8 Å². The number of rotatable bonds is 4. The molecule has 1 aliphatic carbocycles. The van der Waals surface area contributed by atoms with E-state index in [1.165, 1.54) is 12.1 Å². The summed E-state index contributed by atoms with van der Waals surface area (Å²) in [6.45, 7) is 3.18. The lowest BCUT2D eigenvalue weighted by molar-refractivity contribution is -0.0786. The van der Waals surface area contributed by atoms with Gasteiger partial charge in [-0.05, 0) is 42.7 Å². The van der Waals surface area contributed by atoms with Crippen LogP contribution in [0.1, 0.15) is 18.4 Å². The molecule has 128 valence electrons. The summed E-state index contributed by atoms with van der Waals surface area (Å²) in [4.78, 5) is 2.37. The van der Waals surface area contributed by atoms with E-state index in [2.05, 4.69) is 21.9 Å². The quantitative estimate of drug-likeness (QED) is 0.853. The molecule has 24 heavy (non-hydrogen) atoms. The van der Waals surface area contributed by atoms with E-state index in [4.69, 9.17) is 4.74 Å². The van der Waals surface area contributed by atoms with Crippen molar-refractivity contribution in [2.75, 3.05) is 13.2 Å². The van der Waals surface area contributed by atoms with Crippen LogP contribution < -0.4 is 0 Å². The maximum absolute atomic E-state index is 13.5. The molecule has 5 heteroatoms. The predicted octanol–water partition coefficient (Wildman–Crippen LogP) is 3.45. The summed E-state index contributed by atoms with van der Waals surface area (Å²) in [5.41, 5.74) is 0.823. The summed E-state index contributed by atoms with van der Waals surface area (Å²) < 4.78 is 34.9. The highest BCUT2D eigenvalue weighted by molar-refractivity contribution is 5.18. The van der Waals surface area contributed by atoms with Gasteiger partial charge in [0.25, 0.3) is 0 Å². The van der Waals surface area contributed by atoms with Crippen LogP contribution in [0.4, 0.5) is 8.78 Å². The number of hydrogen-bond donors (Lipinski definition) is 0. The van der Waals surface area contributed by atoms with E-state index in [0.717, 1.165) is 31.5 Å². The molecule has 0 bridgehead atoms. The van der Waals surface area contributed by atoms with E-state index < -0.39 is 11.6 Å². The maximum Gasteiger partial charge on any atom is 0.159 e. The normalized spacial score (nSPS) is 27.3. The molecule has 2 fully saturated rings. The van der Waals surface area contributed by atoms with Gasteiger partial charge in [-0.25, -0.2) is 8.78 Å². The Morgan fingerprint density at radius 2 is 1.92 bits per heavy atom. The SMILES string of the molecule is Fc1ccc(CN2CCOC3C(Cn4cccc4)CCC32)cc1F. The molecule has 0 amide bonds. The second kappa shape index (κ2) is 6.65. The number of nitrogens with zero attached hydrogens (tertiary/aromatic N) is 2. The van der Waals surface area contributed by atoms with Gasteiger partial charge in [-0.1, -0.05) is 6.07 Å². The van der Waals surface area contributed by atoms with Crippen LogP contribution in [0.5, 0.6) is 0 Å². The Labute approximate surface area is 140 Å². The van der Waals surface area contributed by atoms with Crippen LogP contribution in [0.15, 0.2) is 42.7 Å². The molecule has 4 rings (SSSR count). The van der Waals surface area contributed by atoms with Gasteiger partial charge in [-0.2, -0.15) is 0 Å². The molecule has 0 spiro atoms. The van der Waals surface area contributed by atoms with E-state index in [1.807, 2.05) is 12.1 Å². The second-order valence-corrected chi connectivity index (χ2v) is 6.84. The summed E-state index contributed by atoms with van der Waals surface area (Å²) in [6.07, 6.45) is 6.65. The minimum absolute atomic E-state index is 0.228. The average Bonchev–Trinajstić information content (AvgIpc) is 3.22. The molecule has 2 aliphatic rings. The van der Waals surface area contributed by atoms with Gasteiger partial charge in [-0.15, -0.1) is 0 Å². The lowest BCUT2D eigenvalue weighted by Crippen LogP contribution is -2.50. The molecule has 1 aromatic carbocycles. The van der Waals surface area contributed by atoms with Crippen molar-refractivity contribution in [3.63, 3.8) is 0 Å². The molecule has 2 aromatic rings. The summed E-state index contributed by atoms with van der Waals surface area (Å²) in [7, 11) is 0. The van der Waals surface area contributed by atoms with Crippen molar-refractivity contribution < 1.29 is 13.5 Å². The first-order valence-electron chi connectivity index (χ1n) is 8.61. The Bertz CT molecular complexity index is 689. The van der Waals surface area contributed by atoms with E-state index in [9.17, 15) is 8.78 Å². The number of halogens is 2. The molecule has 3 atom stereocenters. The van der Waals surface area contributed by atoms with Crippen molar-refractivity contribution in [3.05, 3.63) is 59.9 Å². The van der Waals surface area contributed by atoms with E-state index in [-0.39, 0.29) is 6.10 Å². The van der Waals surface area contributed by atoms with Crippen LogP contribution in [0.25, 0.3) is 0 Å². The van der Waals surface area contributed by atoms with Crippen molar-refractivity contribution in [2.24, 2.45) is 5.92 Å². The Balaban J connectivity index is 1.45. The highest BCUT2D eigenvalue weighted by Gasteiger charge is 2.42. The van der Waals surface area contributed by atoms with Gasteiger partial charge in [0.2, 0.25) is 0 Å². The van der Waals surface area contributed by atoms with Crippen molar-refractivity contribution >= 4 is 0 Å². The second-order valence-electron chi connectivity index (χ2n) is 6.84. The number of hydrogen-bond acceptors (Lipinski definition) is 2. The number of fused-ring (bicyclic) bond motifs is 1. The first-order chi connectivity index (χ1) is 11.7. The first-order valence-corrected chi connectivity index (χ1v) is 8.61.